The fourth-order valence-electron chi connectivity index (χ4n) is 3.73. The molecule has 0 saturated carbocycles. The Labute approximate surface area is 223 Å². The predicted molar refractivity (Wildman–Crippen MR) is 150 cm³/mol. The van der Waals surface area contributed by atoms with Gasteiger partial charge >= 0.3 is 5.97 Å². The Morgan fingerprint density at radius 3 is 2.14 bits per heavy atom. The smallest absolute Gasteiger partial charge is 0.331 e. The van der Waals surface area contributed by atoms with Gasteiger partial charge in [0.2, 0.25) is 11.8 Å². The number of carboxylic acid groups (broad SMARTS) is 1. The van der Waals surface area contributed by atoms with Gasteiger partial charge in [0.05, 0.1) is 6.04 Å². The fourth-order valence-corrected chi connectivity index (χ4v) is 3.73. The number of carbonyl (C=O) groups is 3. The molecule has 0 aliphatic heterocycles. The highest BCUT2D eigenvalue weighted by atomic mass is 16.4. The van der Waals surface area contributed by atoms with Crippen molar-refractivity contribution in [3.8, 4) is 0 Å². The van der Waals surface area contributed by atoms with Gasteiger partial charge in [-0.3, -0.25) is 20.9 Å². The van der Waals surface area contributed by atoms with Crippen molar-refractivity contribution in [2.24, 2.45) is 11.3 Å². The average molecular weight is 520 g/mol. The number of rotatable bonds is 11. The van der Waals surface area contributed by atoms with Gasteiger partial charge < -0.3 is 20.6 Å². The van der Waals surface area contributed by atoms with Crippen molar-refractivity contribution in [3.63, 3.8) is 0 Å². The first kappa shape index (κ1) is 34.2. The maximum absolute atomic E-state index is 13.5. The number of nitrogens with one attached hydrogen (secondary N) is 3. The molecule has 0 aliphatic carbocycles. The van der Waals surface area contributed by atoms with E-state index in [0.29, 0.717) is 6.54 Å². The molecule has 0 heterocycles. The first-order valence-corrected chi connectivity index (χ1v) is 12.7. The van der Waals surface area contributed by atoms with Crippen molar-refractivity contribution in [1.82, 2.24) is 21.0 Å². The Hall–Kier alpha value is -2.75. The molecule has 1 aromatic carbocycles. The fraction of sp³-hybridized carbons (Fsp3) is 0.607. The van der Waals surface area contributed by atoms with Crippen LogP contribution in [0.5, 0.6) is 0 Å². The van der Waals surface area contributed by atoms with Crippen LogP contribution in [0.25, 0.3) is 0 Å². The van der Waals surface area contributed by atoms with Crippen LogP contribution in [0, 0.1) is 5.41 Å². The van der Waals surface area contributed by atoms with Crippen LogP contribution in [-0.2, 0) is 26.3 Å². The van der Waals surface area contributed by atoms with Crippen molar-refractivity contribution in [1.29, 1.82) is 0 Å². The van der Waals surface area contributed by atoms with Crippen molar-refractivity contribution >= 4 is 17.8 Å². The van der Waals surface area contributed by atoms with E-state index in [2.05, 4.69) is 29.9 Å². The predicted octanol–water partition coefficient (Wildman–Crippen LogP) is 2.95. The lowest BCUT2D eigenvalue weighted by Crippen LogP contribution is -2.60. The highest BCUT2D eigenvalue weighted by Gasteiger charge is 2.40. The van der Waals surface area contributed by atoms with Crippen LogP contribution in [0.1, 0.15) is 72.9 Å². The minimum atomic E-state index is -1.04. The standard InChI is InChI=1S/C25H41N5O4.C3H8/c1-16(23(33)34)12-13-30(8)22(32)20(24(2,3)4)29-21(31)19(27-7)25(5,6)18-11-9-10-17(14-18)15-28-26;1-3-2/h9-12,14,19-20,27-28H,13,15,26H2,1-8H3,(H,29,31)(H,33,34);3H2,1-2H3/b16-12+;. The number of hydrogen-bond donors (Lipinski definition) is 5. The largest absolute Gasteiger partial charge is 0.478 e. The molecule has 2 atom stereocenters. The Morgan fingerprint density at radius 1 is 1.11 bits per heavy atom. The summed E-state index contributed by atoms with van der Waals surface area (Å²) in [5.41, 5.74) is 3.59. The van der Waals surface area contributed by atoms with Crippen LogP contribution in [0.2, 0.25) is 0 Å². The molecule has 9 heteroatoms. The summed E-state index contributed by atoms with van der Waals surface area (Å²) in [5, 5.41) is 15.1. The lowest BCUT2D eigenvalue weighted by molar-refractivity contribution is -0.139. The van der Waals surface area contributed by atoms with Gasteiger partial charge in [0.15, 0.2) is 0 Å². The molecule has 1 aromatic rings. The topological polar surface area (TPSA) is 137 Å². The van der Waals surface area contributed by atoms with Gasteiger partial charge in [0.1, 0.15) is 6.04 Å². The highest BCUT2D eigenvalue weighted by molar-refractivity contribution is 5.91. The highest BCUT2D eigenvalue weighted by Crippen LogP contribution is 2.29. The van der Waals surface area contributed by atoms with E-state index < -0.39 is 28.9 Å². The van der Waals surface area contributed by atoms with E-state index in [4.69, 9.17) is 10.9 Å². The first-order valence-electron chi connectivity index (χ1n) is 12.7. The van der Waals surface area contributed by atoms with Gasteiger partial charge in [-0.2, -0.15) is 0 Å². The number of amides is 2. The molecule has 0 bridgehead atoms. The Morgan fingerprint density at radius 2 is 1.68 bits per heavy atom. The third-order valence-electron chi connectivity index (χ3n) is 6.03. The number of nitrogens with zero attached hydrogens (tertiary/aromatic N) is 1. The van der Waals surface area contributed by atoms with Crippen molar-refractivity contribution in [2.75, 3.05) is 20.6 Å². The summed E-state index contributed by atoms with van der Waals surface area (Å²) < 4.78 is 0. The maximum atomic E-state index is 13.5. The summed E-state index contributed by atoms with van der Waals surface area (Å²) in [5.74, 6) is 3.83. The number of hydrogen-bond acceptors (Lipinski definition) is 6. The lowest BCUT2D eigenvalue weighted by atomic mass is 9.76. The summed E-state index contributed by atoms with van der Waals surface area (Å²) in [7, 11) is 3.31. The molecule has 37 heavy (non-hydrogen) atoms. The van der Waals surface area contributed by atoms with Gasteiger partial charge in [-0.1, -0.05) is 85.2 Å². The second-order valence-corrected chi connectivity index (χ2v) is 11.0. The second-order valence-electron chi connectivity index (χ2n) is 11.0. The van der Waals surface area contributed by atoms with Crippen LogP contribution < -0.4 is 21.9 Å². The molecule has 0 radical (unpaired) electrons. The quantitative estimate of drug-likeness (QED) is 0.172. The molecule has 0 saturated heterocycles. The first-order chi connectivity index (χ1) is 17.1. The molecule has 6 N–H and O–H groups in total. The minimum Gasteiger partial charge on any atom is -0.478 e. The van der Waals surface area contributed by atoms with Crippen LogP contribution in [0.4, 0.5) is 0 Å². The molecule has 0 aromatic heterocycles. The van der Waals surface area contributed by atoms with Crippen molar-refractivity contribution in [2.45, 2.75) is 85.9 Å². The number of aliphatic carboxylic acids is 1. The maximum Gasteiger partial charge on any atom is 0.331 e. The number of hydrazine groups is 1. The Kier molecular flexibility index (Phi) is 14.3. The summed E-state index contributed by atoms with van der Waals surface area (Å²) in [6.45, 7) is 15.9. The molecule has 210 valence electrons. The normalized spacial score (nSPS) is 13.6. The molecule has 2 unspecified atom stereocenters. The number of carboxylic acids is 1. The number of nitrogens with two attached hydrogens (primary N) is 1. The van der Waals surface area contributed by atoms with E-state index in [0.717, 1.165) is 11.1 Å². The van der Waals surface area contributed by atoms with E-state index in [1.54, 1.807) is 14.1 Å². The van der Waals surface area contributed by atoms with Crippen LogP contribution in [-0.4, -0.2) is 60.5 Å². The minimum absolute atomic E-state index is 0.127. The van der Waals surface area contributed by atoms with Crippen molar-refractivity contribution in [3.05, 3.63) is 47.0 Å². The van der Waals surface area contributed by atoms with Gasteiger partial charge in [-0.25, -0.2) is 4.79 Å². The summed E-state index contributed by atoms with van der Waals surface area (Å²) in [6.07, 6.45) is 2.73. The average Bonchev–Trinajstić information content (AvgIpc) is 2.80. The monoisotopic (exact) mass is 519 g/mol. The Bertz CT molecular complexity index is 921. The van der Waals surface area contributed by atoms with Gasteiger partial charge in [0.25, 0.3) is 0 Å². The van der Waals surface area contributed by atoms with E-state index >= 15 is 0 Å². The molecule has 2 amide bonds. The molecular formula is C28H49N5O4. The van der Waals surface area contributed by atoms with E-state index in [1.807, 2.05) is 58.9 Å². The third kappa shape index (κ3) is 10.6. The Balaban J connectivity index is 0.00000410. The molecule has 0 aliphatic rings. The summed E-state index contributed by atoms with van der Waals surface area (Å²) in [6, 6.07) is 6.44. The summed E-state index contributed by atoms with van der Waals surface area (Å²) in [4.78, 5) is 39.2. The molecule has 1 rings (SSSR count). The molecule has 9 nitrogen and oxygen atoms in total. The van der Waals surface area contributed by atoms with Crippen LogP contribution in [0.15, 0.2) is 35.9 Å². The second kappa shape index (κ2) is 15.5. The van der Waals surface area contributed by atoms with E-state index in [1.165, 1.54) is 24.3 Å². The zero-order chi connectivity index (χ0) is 29.0. The number of benzene rings is 1. The molecule has 0 fully saturated rings. The van der Waals surface area contributed by atoms with E-state index in [9.17, 15) is 14.4 Å². The zero-order valence-electron chi connectivity index (χ0n) is 24.4. The zero-order valence-corrected chi connectivity index (χ0v) is 24.4. The van der Waals surface area contributed by atoms with E-state index in [-0.39, 0.29) is 23.9 Å². The molecule has 0 spiro atoms. The lowest BCUT2D eigenvalue weighted by Gasteiger charge is -2.38. The third-order valence-corrected chi connectivity index (χ3v) is 6.03. The molecular weight excluding hydrogens is 470 g/mol. The van der Waals surface area contributed by atoms with Gasteiger partial charge in [0, 0.05) is 31.1 Å². The van der Waals surface area contributed by atoms with Gasteiger partial charge in [-0.15, -0.1) is 0 Å². The van der Waals surface area contributed by atoms with Crippen LogP contribution in [0.3, 0.4) is 0 Å². The van der Waals surface area contributed by atoms with Crippen molar-refractivity contribution < 1.29 is 19.5 Å². The summed E-state index contributed by atoms with van der Waals surface area (Å²) >= 11 is 0. The SMILES string of the molecule is CCC.CNC(C(=O)NC(C(=O)N(C)C/C=C(\C)C(=O)O)C(C)(C)C)C(C)(C)c1cccc(CNN)c1. The number of carbonyl (C=O) groups excluding carboxylic acids is 2. The van der Waals surface area contributed by atoms with Gasteiger partial charge in [-0.05, 0) is 30.5 Å². The number of likely N-dealkylation sites (N-methyl/N-ethyl adjacent to an activating group) is 2. The van der Waals surface area contributed by atoms with Crippen LogP contribution >= 0.6 is 0 Å².